The van der Waals surface area contributed by atoms with Gasteiger partial charge in [-0.1, -0.05) is 61.9 Å². The monoisotopic (exact) mass is 418 g/mol. The molecule has 1 unspecified atom stereocenters. The maximum absolute atomic E-state index is 12.9. The molecule has 1 N–H and O–H groups in total. The van der Waals surface area contributed by atoms with Gasteiger partial charge in [0.2, 0.25) is 0 Å². The van der Waals surface area contributed by atoms with E-state index in [1.807, 2.05) is 0 Å². The van der Waals surface area contributed by atoms with Crippen molar-refractivity contribution in [1.82, 2.24) is 10.2 Å². The maximum Gasteiger partial charge on any atom is 0.407 e. The number of aryl methyl sites for hydroxylation is 2. The Morgan fingerprint density at radius 1 is 1.06 bits per heavy atom. The summed E-state index contributed by atoms with van der Waals surface area (Å²) in [7, 11) is 0. The lowest BCUT2D eigenvalue weighted by Crippen LogP contribution is -2.53. The molecule has 4 heteroatoms. The summed E-state index contributed by atoms with van der Waals surface area (Å²) in [4.78, 5) is 15.3. The first-order chi connectivity index (χ1) is 14.9. The fourth-order valence-electron chi connectivity index (χ4n) is 5.66. The van der Waals surface area contributed by atoms with Crippen LogP contribution in [0, 0.1) is 18.3 Å². The molecule has 4 aliphatic rings. The zero-order chi connectivity index (χ0) is 21.6. The molecule has 3 saturated heterocycles. The van der Waals surface area contributed by atoms with Gasteiger partial charge in [-0.15, -0.1) is 0 Å². The van der Waals surface area contributed by atoms with E-state index in [0.29, 0.717) is 5.92 Å². The number of benzene rings is 2. The second-order valence-corrected chi connectivity index (χ2v) is 10.4. The largest absolute Gasteiger partial charge is 0.445 e. The second-order valence-electron chi connectivity index (χ2n) is 10.4. The molecule has 31 heavy (non-hydrogen) atoms. The second kappa shape index (κ2) is 7.98. The van der Waals surface area contributed by atoms with Gasteiger partial charge in [0.1, 0.15) is 6.10 Å². The van der Waals surface area contributed by atoms with Gasteiger partial charge in [-0.25, -0.2) is 4.79 Å². The van der Waals surface area contributed by atoms with Gasteiger partial charge in [-0.2, -0.15) is 0 Å². The van der Waals surface area contributed by atoms with Crippen molar-refractivity contribution >= 4 is 6.09 Å². The molecule has 4 nitrogen and oxygen atoms in total. The first-order valence-electron chi connectivity index (χ1n) is 11.8. The van der Waals surface area contributed by atoms with E-state index in [-0.39, 0.29) is 23.7 Å². The lowest BCUT2D eigenvalue weighted by Gasteiger charge is -2.44. The molecule has 0 saturated carbocycles. The summed E-state index contributed by atoms with van der Waals surface area (Å²) < 4.78 is 5.95. The van der Waals surface area contributed by atoms with Crippen molar-refractivity contribution in [2.24, 2.45) is 11.3 Å². The van der Waals surface area contributed by atoms with Gasteiger partial charge < -0.3 is 10.1 Å². The number of alkyl carbamates (subject to hydrolysis) is 1. The molecular formula is C27H34N2O2. The van der Waals surface area contributed by atoms with Crippen LogP contribution in [0.4, 0.5) is 4.79 Å². The Hall–Kier alpha value is -2.33. The summed E-state index contributed by atoms with van der Waals surface area (Å²) in [6.45, 7) is 9.82. The third kappa shape index (κ3) is 4.10. The first-order valence-corrected chi connectivity index (χ1v) is 11.8. The van der Waals surface area contributed by atoms with Crippen molar-refractivity contribution in [2.45, 2.75) is 58.6 Å². The molecule has 164 valence electrons. The van der Waals surface area contributed by atoms with Crippen molar-refractivity contribution in [1.29, 1.82) is 0 Å². The standard InChI is InChI=1S/C27H34N2O2/c1-18-4-6-19(7-5-18)21-8-9-23-22(16-21)10-13-27(2,3)25(23)28-26(30)31-24-17-29-14-11-20(24)12-15-29/h4-9,16,20,24-25H,10-15,17H2,1-3H3,(H,28,30)/t24-,25?/m1/s1. The summed E-state index contributed by atoms with van der Waals surface area (Å²) >= 11 is 0. The van der Waals surface area contributed by atoms with Crippen molar-refractivity contribution in [2.75, 3.05) is 19.6 Å². The Morgan fingerprint density at radius 3 is 2.45 bits per heavy atom. The zero-order valence-electron chi connectivity index (χ0n) is 19.0. The topological polar surface area (TPSA) is 41.6 Å². The molecule has 3 fully saturated rings. The molecule has 1 aliphatic carbocycles. The third-order valence-corrected chi connectivity index (χ3v) is 7.78. The lowest BCUT2D eigenvalue weighted by atomic mass is 9.70. The number of amides is 1. The summed E-state index contributed by atoms with van der Waals surface area (Å²) in [6.07, 6.45) is 4.16. The van der Waals surface area contributed by atoms with Gasteiger partial charge in [0.25, 0.3) is 0 Å². The minimum Gasteiger partial charge on any atom is -0.445 e. The highest BCUT2D eigenvalue weighted by Crippen LogP contribution is 2.44. The van der Waals surface area contributed by atoms with Crippen molar-refractivity contribution in [3.8, 4) is 11.1 Å². The number of nitrogens with one attached hydrogen (secondary N) is 1. The van der Waals surface area contributed by atoms with Crippen molar-refractivity contribution < 1.29 is 9.53 Å². The number of hydrogen-bond donors (Lipinski definition) is 1. The predicted octanol–water partition coefficient (Wildman–Crippen LogP) is 5.50. The Morgan fingerprint density at radius 2 is 1.77 bits per heavy atom. The van der Waals surface area contributed by atoms with E-state index in [4.69, 9.17) is 4.74 Å². The van der Waals surface area contributed by atoms with E-state index in [1.165, 1.54) is 27.8 Å². The van der Waals surface area contributed by atoms with Gasteiger partial charge in [0.15, 0.2) is 0 Å². The molecule has 2 atom stereocenters. The Labute approximate surface area is 186 Å². The van der Waals surface area contributed by atoms with Crippen LogP contribution in [-0.2, 0) is 11.2 Å². The van der Waals surface area contributed by atoms with Crippen LogP contribution in [0.25, 0.3) is 11.1 Å². The fraction of sp³-hybridized carbons (Fsp3) is 0.519. The summed E-state index contributed by atoms with van der Waals surface area (Å²) in [5.74, 6) is 0.527. The van der Waals surface area contributed by atoms with Gasteiger partial charge in [-0.3, -0.25) is 4.90 Å². The van der Waals surface area contributed by atoms with E-state index in [0.717, 1.165) is 45.3 Å². The van der Waals surface area contributed by atoms with Crippen LogP contribution < -0.4 is 5.32 Å². The van der Waals surface area contributed by atoms with Crippen LogP contribution in [0.3, 0.4) is 0 Å². The van der Waals surface area contributed by atoms with Gasteiger partial charge in [0.05, 0.1) is 6.04 Å². The number of hydrogen-bond acceptors (Lipinski definition) is 3. The molecule has 2 bridgehead atoms. The average molecular weight is 419 g/mol. The SMILES string of the molecule is Cc1ccc(-c2ccc3c(c2)CCC(C)(C)C3NC(=O)O[C@@H]2CN3CCC2CC3)cc1. The molecule has 1 amide bonds. The van der Waals surface area contributed by atoms with E-state index < -0.39 is 0 Å². The fourth-order valence-corrected chi connectivity index (χ4v) is 5.66. The first kappa shape index (κ1) is 20.6. The number of carbonyl (C=O) groups excluding carboxylic acids is 1. The number of fused-ring (bicyclic) bond motifs is 4. The Bertz CT molecular complexity index is 958. The maximum atomic E-state index is 12.9. The number of carbonyl (C=O) groups is 1. The molecule has 2 aromatic rings. The summed E-state index contributed by atoms with van der Waals surface area (Å²) in [5.41, 5.74) is 6.32. The molecule has 3 aliphatic heterocycles. The summed E-state index contributed by atoms with van der Waals surface area (Å²) in [5, 5.41) is 3.26. The average Bonchev–Trinajstić information content (AvgIpc) is 2.77. The van der Waals surface area contributed by atoms with Gasteiger partial charge in [-0.05, 0) is 79.3 Å². The van der Waals surface area contributed by atoms with Crippen LogP contribution in [0.5, 0.6) is 0 Å². The minimum atomic E-state index is -0.257. The van der Waals surface area contributed by atoms with Crippen molar-refractivity contribution in [3.63, 3.8) is 0 Å². The highest BCUT2D eigenvalue weighted by atomic mass is 16.6. The molecule has 3 heterocycles. The van der Waals surface area contributed by atoms with Gasteiger partial charge >= 0.3 is 6.09 Å². The van der Waals surface area contributed by atoms with Gasteiger partial charge in [0, 0.05) is 6.54 Å². The predicted molar refractivity (Wildman–Crippen MR) is 124 cm³/mol. The highest BCUT2D eigenvalue weighted by Gasteiger charge is 2.40. The Balaban J connectivity index is 1.35. The van der Waals surface area contributed by atoms with Crippen LogP contribution in [0.1, 0.15) is 55.8 Å². The minimum absolute atomic E-state index is 0.00747. The molecular weight excluding hydrogens is 384 g/mol. The molecule has 0 radical (unpaired) electrons. The van der Waals surface area contributed by atoms with Crippen LogP contribution in [0.15, 0.2) is 42.5 Å². The van der Waals surface area contributed by atoms with E-state index in [9.17, 15) is 4.79 Å². The molecule has 2 aromatic carbocycles. The van der Waals surface area contributed by atoms with Crippen molar-refractivity contribution in [3.05, 3.63) is 59.2 Å². The number of nitrogens with zero attached hydrogens (tertiary/aromatic N) is 1. The van der Waals surface area contributed by atoms with Crippen LogP contribution in [-0.4, -0.2) is 36.7 Å². The quantitative estimate of drug-likeness (QED) is 0.716. The van der Waals surface area contributed by atoms with E-state index in [2.05, 4.69) is 73.5 Å². The third-order valence-electron chi connectivity index (χ3n) is 7.78. The van der Waals surface area contributed by atoms with E-state index >= 15 is 0 Å². The zero-order valence-corrected chi connectivity index (χ0v) is 19.0. The molecule has 0 spiro atoms. The number of rotatable bonds is 3. The number of piperidine rings is 3. The summed E-state index contributed by atoms with van der Waals surface area (Å²) in [6, 6.07) is 15.4. The smallest absolute Gasteiger partial charge is 0.407 e. The molecule has 0 aromatic heterocycles. The molecule has 6 rings (SSSR count). The Kier molecular flexibility index (Phi) is 5.29. The lowest BCUT2D eigenvalue weighted by molar-refractivity contribution is -0.0353. The normalized spacial score (nSPS) is 28.6. The number of ether oxygens (including phenoxy) is 1. The van der Waals surface area contributed by atoms with Crippen LogP contribution in [0.2, 0.25) is 0 Å². The highest BCUT2D eigenvalue weighted by molar-refractivity contribution is 5.70. The van der Waals surface area contributed by atoms with Crippen LogP contribution >= 0.6 is 0 Å². The van der Waals surface area contributed by atoms with E-state index in [1.54, 1.807) is 0 Å².